The minimum Gasteiger partial charge on any atom is -0.480 e. The van der Waals surface area contributed by atoms with Gasteiger partial charge in [0.25, 0.3) is 0 Å². The molecule has 0 aromatic heterocycles. The fourth-order valence-corrected chi connectivity index (χ4v) is 2.65. The van der Waals surface area contributed by atoms with Gasteiger partial charge in [0.05, 0.1) is 6.54 Å². The third kappa shape index (κ3) is 12.0. The topological polar surface area (TPSA) is 159 Å². The van der Waals surface area contributed by atoms with Crippen LogP contribution in [0.2, 0.25) is 0 Å². The second-order valence-corrected chi connectivity index (χ2v) is 7.29. The highest BCUT2D eigenvalue weighted by atomic mass is 32.2. The quantitative estimate of drug-likeness (QED) is 0.315. The van der Waals surface area contributed by atoms with Crippen LogP contribution >= 0.6 is 11.8 Å². The highest BCUT2D eigenvalue weighted by Crippen LogP contribution is 2.06. The summed E-state index contributed by atoms with van der Waals surface area (Å²) in [4.78, 5) is 69.1. The SMILES string of the molecule is CCCC(=O)NC(CCC(=O)NC(CSC(C)=O)C(=O)NCC(C)=O)C(=O)O. The van der Waals surface area contributed by atoms with E-state index in [9.17, 15) is 28.8 Å². The van der Waals surface area contributed by atoms with Crippen molar-refractivity contribution < 1.29 is 33.9 Å². The number of nitrogens with one attached hydrogen (secondary N) is 3. The largest absolute Gasteiger partial charge is 0.480 e. The summed E-state index contributed by atoms with van der Waals surface area (Å²) in [6.45, 7) is 4.17. The van der Waals surface area contributed by atoms with Crippen LogP contribution in [0.5, 0.6) is 0 Å². The molecule has 0 bridgehead atoms. The molecule has 10 nitrogen and oxygen atoms in total. The summed E-state index contributed by atoms with van der Waals surface area (Å²) < 4.78 is 0. The number of hydrogen-bond donors (Lipinski definition) is 4. The first-order valence-corrected chi connectivity index (χ1v) is 9.77. The Morgan fingerprint density at radius 1 is 0.929 bits per heavy atom. The number of Topliss-reactive ketones (excluding diaryl/α,β-unsaturated/α-hetero) is 1. The maximum atomic E-state index is 12.1. The van der Waals surface area contributed by atoms with Gasteiger partial charge in [-0.05, 0) is 19.8 Å². The number of ketones is 1. The Kier molecular flexibility index (Phi) is 12.5. The van der Waals surface area contributed by atoms with Crippen LogP contribution in [0, 0.1) is 0 Å². The van der Waals surface area contributed by atoms with E-state index in [0.29, 0.717) is 6.42 Å². The Bertz CT molecular complexity index is 610. The van der Waals surface area contributed by atoms with E-state index in [-0.39, 0.29) is 42.5 Å². The van der Waals surface area contributed by atoms with Crippen LogP contribution in [0.3, 0.4) is 0 Å². The second-order valence-electron chi connectivity index (χ2n) is 6.09. The highest BCUT2D eigenvalue weighted by Gasteiger charge is 2.24. The average molecular weight is 417 g/mol. The standard InChI is InChI=1S/C17H27N3O7S/c1-4-5-14(23)19-12(17(26)27)6-7-15(24)20-13(9-28-11(3)22)16(25)18-8-10(2)21/h12-13H,4-9H2,1-3H3,(H,18,25)(H,19,23)(H,20,24)(H,26,27). The Labute approximate surface area is 167 Å². The zero-order valence-corrected chi connectivity index (χ0v) is 17.0. The summed E-state index contributed by atoms with van der Waals surface area (Å²) in [7, 11) is 0. The van der Waals surface area contributed by atoms with Crippen molar-refractivity contribution in [2.24, 2.45) is 0 Å². The molecule has 0 rings (SSSR count). The van der Waals surface area contributed by atoms with Gasteiger partial charge in [-0.25, -0.2) is 4.79 Å². The molecule has 0 aliphatic heterocycles. The van der Waals surface area contributed by atoms with E-state index in [0.717, 1.165) is 11.8 Å². The molecule has 0 fully saturated rings. The lowest BCUT2D eigenvalue weighted by atomic mass is 10.1. The van der Waals surface area contributed by atoms with Gasteiger partial charge in [0.15, 0.2) is 5.12 Å². The first-order chi connectivity index (χ1) is 13.1. The molecule has 0 saturated heterocycles. The third-order valence-electron chi connectivity index (χ3n) is 3.39. The van der Waals surface area contributed by atoms with Gasteiger partial charge in [0, 0.05) is 25.5 Å². The molecule has 4 N–H and O–H groups in total. The fraction of sp³-hybridized carbons (Fsp3) is 0.647. The van der Waals surface area contributed by atoms with E-state index in [1.165, 1.54) is 13.8 Å². The number of carbonyl (C=O) groups is 6. The summed E-state index contributed by atoms with van der Waals surface area (Å²) in [5.41, 5.74) is 0. The number of carboxylic acids is 1. The van der Waals surface area contributed by atoms with Crippen molar-refractivity contribution in [2.75, 3.05) is 12.3 Å². The van der Waals surface area contributed by atoms with Gasteiger partial charge < -0.3 is 21.1 Å². The van der Waals surface area contributed by atoms with Gasteiger partial charge >= 0.3 is 5.97 Å². The van der Waals surface area contributed by atoms with Crippen LogP contribution in [0.25, 0.3) is 0 Å². The fourth-order valence-electron chi connectivity index (χ4n) is 2.01. The van der Waals surface area contributed by atoms with Crippen LogP contribution < -0.4 is 16.0 Å². The van der Waals surface area contributed by atoms with E-state index in [1.54, 1.807) is 6.92 Å². The van der Waals surface area contributed by atoms with Gasteiger partial charge in [0.2, 0.25) is 17.7 Å². The molecule has 0 spiro atoms. The molecule has 2 unspecified atom stereocenters. The first kappa shape index (κ1) is 25.6. The second kappa shape index (κ2) is 13.7. The Morgan fingerprint density at radius 2 is 1.50 bits per heavy atom. The molecule has 2 atom stereocenters. The normalized spacial score (nSPS) is 12.4. The van der Waals surface area contributed by atoms with Crippen molar-refractivity contribution in [1.29, 1.82) is 0 Å². The van der Waals surface area contributed by atoms with E-state index < -0.39 is 35.8 Å². The van der Waals surface area contributed by atoms with Crippen LogP contribution in [-0.2, 0) is 28.8 Å². The van der Waals surface area contributed by atoms with Crippen LogP contribution in [0.15, 0.2) is 0 Å². The number of amides is 3. The van der Waals surface area contributed by atoms with Crippen LogP contribution in [0.4, 0.5) is 0 Å². The van der Waals surface area contributed by atoms with Crippen molar-refractivity contribution in [1.82, 2.24) is 16.0 Å². The number of carboxylic acid groups (broad SMARTS) is 1. The van der Waals surface area contributed by atoms with Crippen molar-refractivity contribution >= 4 is 46.4 Å². The Balaban J connectivity index is 4.78. The maximum Gasteiger partial charge on any atom is 0.326 e. The lowest BCUT2D eigenvalue weighted by molar-refractivity contribution is -0.142. The van der Waals surface area contributed by atoms with Gasteiger partial charge in [-0.2, -0.15) is 0 Å². The van der Waals surface area contributed by atoms with Gasteiger partial charge in [-0.1, -0.05) is 18.7 Å². The first-order valence-electron chi connectivity index (χ1n) is 8.78. The molecule has 3 amide bonds. The van der Waals surface area contributed by atoms with Gasteiger partial charge in [-0.15, -0.1) is 0 Å². The van der Waals surface area contributed by atoms with Crippen molar-refractivity contribution in [3.63, 3.8) is 0 Å². The molecule has 0 radical (unpaired) electrons. The Hall–Kier alpha value is -2.43. The number of carbonyl (C=O) groups excluding carboxylic acids is 5. The summed E-state index contributed by atoms with van der Waals surface area (Å²) >= 11 is 0.837. The highest BCUT2D eigenvalue weighted by molar-refractivity contribution is 8.13. The molecular weight excluding hydrogens is 390 g/mol. The number of aliphatic carboxylic acids is 1. The predicted molar refractivity (Wildman–Crippen MR) is 102 cm³/mol. The average Bonchev–Trinajstić information content (AvgIpc) is 2.59. The number of thioether (sulfide) groups is 1. The summed E-state index contributed by atoms with van der Waals surface area (Å²) in [5.74, 6) is -3.22. The van der Waals surface area contributed by atoms with E-state index in [2.05, 4.69) is 16.0 Å². The van der Waals surface area contributed by atoms with E-state index >= 15 is 0 Å². The molecule has 0 aromatic carbocycles. The van der Waals surface area contributed by atoms with Gasteiger partial charge in [-0.3, -0.25) is 24.0 Å². The molecule has 0 aliphatic rings. The predicted octanol–water partition coefficient (Wildman–Crippen LogP) is -0.394. The molecular formula is C17H27N3O7S. The van der Waals surface area contributed by atoms with E-state index in [1.807, 2.05) is 0 Å². The van der Waals surface area contributed by atoms with Gasteiger partial charge in [0.1, 0.15) is 17.9 Å². The minimum absolute atomic E-state index is 0.0274. The zero-order valence-electron chi connectivity index (χ0n) is 16.2. The number of hydrogen-bond acceptors (Lipinski definition) is 7. The lowest BCUT2D eigenvalue weighted by Gasteiger charge is -2.18. The van der Waals surface area contributed by atoms with Crippen molar-refractivity contribution in [3.8, 4) is 0 Å². The summed E-state index contributed by atoms with van der Waals surface area (Å²) in [6, 6.07) is -2.28. The lowest BCUT2D eigenvalue weighted by Crippen LogP contribution is -2.49. The Morgan fingerprint density at radius 3 is 2.00 bits per heavy atom. The molecule has 0 aromatic rings. The molecule has 11 heteroatoms. The van der Waals surface area contributed by atoms with Crippen LogP contribution in [0.1, 0.15) is 46.5 Å². The van der Waals surface area contributed by atoms with E-state index in [4.69, 9.17) is 5.11 Å². The van der Waals surface area contributed by atoms with Crippen molar-refractivity contribution in [2.45, 2.75) is 58.5 Å². The minimum atomic E-state index is -1.26. The summed E-state index contributed by atoms with van der Waals surface area (Å²) in [6.07, 6.45) is 0.336. The van der Waals surface area contributed by atoms with Crippen LogP contribution in [-0.4, -0.2) is 64.1 Å². The molecule has 28 heavy (non-hydrogen) atoms. The summed E-state index contributed by atoms with van der Waals surface area (Å²) in [5, 5.41) is 16.0. The molecule has 158 valence electrons. The zero-order chi connectivity index (χ0) is 21.7. The monoisotopic (exact) mass is 417 g/mol. The molecule has 0 heterocycles. The maximum absolute atomic E-state index is 12.1. The molecule has 0 aliphatic carbocycles. The third-order valence-corrected chi connectivity index (χ3v) is 4.29. The van der Waals surface area contributed by atoms with Crippen molar-refractivity contribution in [3.05, 3.63) is 0 Å². The molecule has 0 saturated carbocycles. The number of rotatable bonds is 13. The smallest absolute Gasteiger partial charge is 0.326 e.